The first-order chi connectivity index (χ1) is 38.4. The summed E-state index contributed by atoms with van der Waals surface area (Å²) < 4.78 is 209. The lowest BCUT2D eigenvalue weighted by Gasteiger charge is -2.31. The van der Waals surface area contributed by atoms with Crippen LogP contribution in [-0.2, 0) is 89.9 Å². The monoisotopic (exact) mass is 1240 g/mol. The number of carboxylic acid groups (broad SMARTS) is 1. The fourth-order valence-electron chi connectivity index (χ4n) is 10.7. The first-order valence-corrected chi connectivity index (χ1v) is 33.3. The van der Waals surface area contributed by atoms with Crippen molar-refractivity contribution < 1.29 is 103 Å². The third-order valence-electron chi connectivity index (χ3n) is 14.3. The molecule has 0 saturated heterocycles. The molecule has 2 aliphatic rings. The van der Waals surface area contributed by atoms with E-state index in [4.69, 9.17) is 23.7 Å². The quantitative estimate of drug-likeness (QED) is 0.0153. The van der Waals surface area contributed by atoms with Crippen molar-refractivity contribution in [1.82, 2.24) is 0 Å². The number of benzene rings is 4. The minimum Gasteiger partial charge on any atom is -0.744 e. The minimum absolute atomic E-state index is 0.0257. The summed E-state index contributed by atoms with van der Waals surface area (Å²) in [5.74, 6) is -1.71. The summed E-state index contributed by atoms with van der Waals surface area (Å²) in [5, 5.41) is 9.14. The van der Waals surface area contributed by atoms with Crippen LogP contribution in [-0.4, -0.2) is 172 Å². The molecule has 82 heavy (non-hydrogen) atoms. The Morgan fingerprint density at radius 3 is 1.71 bits per heavy atom. The molecule has 29 heteroatoms. The average Bonchev–Trinajstić information content (AvgIpc) is 2.33. The van der Waals surface area contributed by atoms with Crippen LogP contribution in [0.3, 0.4) is 0 Å². The number of unbranched alkanes of at least 4 members (excludes halogenated alkanes) is 2. The second kappa shape index (κ2) is 27.3. The summed E-state index contributed by atoms with van der Waals surface area (Å²) in [6.07, 6.45) is 9.41. The van der Waals surface area contributed by atoms with Gasteiger partial charge in [0, 0.05) is 66.6 Å². The summed E-state index contributed by atoms with van der Waals surface area (Å²) in [5.41, 5.74) is 0.289. The molecule has 4 aromatic rings. The third kappa shape index (κ3) is 16.0. The van der Waals surface area contributed by atoms with E-state index in [9.17, 15) is 74.8 Å². The van der Waals surface area contributed by atoms with E-state index in [1.165, 1.54) is 18.2 Å². The molecule has 2 atom stereocenters. The van der Waals surface area contributed by atoms with Crippen molar-refractivity contribution >= 4 is 95.2 Å². The van der Waals surface area contributed by atoms with Gasteiger partial charge in [0.25, 0.3) is 40.5 Å². The first-order valence-electron chi connectivity index (χ1n) is 25.9. The normalized spacial score (nSPS) is 18.5. The van der Waals surface area contributed by atoms with E-state index in [-0.39, 0.29) is 85.8 Å². The number of hydrogen-bond acceptors (Lipinski definition) is 18. The highest BCUT2D eigenvalue weighted by atomic mass is 32.2. The topological polar surface area (TPSA) is 364 Å². The SMILES string of the molecule is CC[N+]1=C(/C=C/C=C/C=C2/N(CCCCCC(=O)O)c3ccc4c(S(=O)(=O)[O-])cc(S(=O)(=O)O)cc4c3C2(C)CCCS(=O)(=O)O)C(C)(CCOCCOCCOCCOCCOC)c2c1ccc1c(S(=O)(=O)O)cc(S(=O)(=O)O)cc21. The summed E-state index contributed by atoms with van der Waals surface area (Å²) in [4.78, 5) is 9.84. The van der Waals surface area contributed by atoms with Gasteiger partial charge in [0.15, 0.2) is 5.71 Å². The van der Waals surface area contributed by atoms with Gasteiger partial charge in [0.1, 0.15) is 21.6 Å². The molecule has 24 nitrogen and oxygen atoms in total. The maximum Gasteiger partial charge on any atom is 0.303 e. The van der Waals surface area contributed by atoms with Gasteiger partial charge in [-0.2, -0.15) is 38.2 Å². The number of carboxylic acids is 1. The lowest BCUT2D eigenvalue weighted by Crippen LogP contribution is -2.33. The maximum atomic E-state index is 12.8. The van der Waals surface area contributed by atoms with Crippen LogP contribution in [0.1, 0.15) is 76.8 Å². The molecule has 4 aromatic carbocycles. The highest BCUT2D eigenvalue weighted by molar-refractivity contribution is 7.87. The fourth-order valence-corrected chi connectivity index (χ4v) is 13.8. The molecule has 6 rings (SSSR count). The number of ether oxygens (including phenoxy) is 5. The van der Waals surface area contributed by atoms with Gasteiger partial charge in [0.05, 0.1) is 78.7 Å². The van der Waals surface area contributed by atoms with Crippen LogP contribution >= 0.6 is 0 Å². The molecule has 0 saturated carbocycles. The van der Waals surface area contributed by atoms with Gasteiger partial charge in [-0.05, 0) is 117 Å². The van der Waals surface area contributed by atoms with E-state index in [0.717, 1.165) is 12.1 Å². The second-order valence-corrected chi connectivity index (χ2v) is 27.0. The number of nitrogens with zero attached hydrogens (tertiary/aromatic N) is 2. The van der Waals surface area contributed by atoms with Crippen molar-refractivity contribution in [1.29, 1.82) is 0 Å². The molecule has 0 radical (unpaired) electrons. The zero-order valence-corrected chi connectivity index (χ0v) is 49.6. The van der Waals surface area contributed by atoms with E-state index in [0.29, 0.717) is 99.3 Å². The van der Waals surface area contributed by atoms with E-state index in [2.05, 4.69) is 0 Å². The Balaban J connectivity index is 1.43. The molecule has 0 aromatic heterocycles. The Hall–Kier alpha value is -5.09. The van der Waals surface area contributed by atoms with Crippen molar-refractivity contribution in [3.05, 3.63) is 95.7 Å². The lowest BCUT2D eigenvalue weighted by molar-refractivity contribution is -0.433. The van der Waals surface area contributed by atoms with Crippen LogP contribution in [0.4, 0.5) is 11.4 Å². The first kappa shape index (κ1) is 66.1. The number of anilines is 1. The molecule has 2 unspecified atom stereocenters. The number of allylic oxidation sites excluding steroid dienone is 6. The van der Waals surface area contributed by atoms with Crippen molar-refractivity contribution in [2.45, 2.75) is 96.1 Å². The van der Waals surface area contributed by atoms with Crippen LogP contribution in [0.25, 0.3) is 21.5 Å². The number of aliphatic carboxylic acids is 1. The van der Waals surface area contributed by atoms with Crippen LogP contribution in [0.2, 0.25) is 0 Å². The summed E-state index contributed by atoms with van der Waals surface area (Å²) in [6.45, 7) is 8.63. The van der Waals surface area contributed by atoms with Crippen molar-refractivity contribution in [3.8, 4) is 0 Å². The van der Waals surface area contributed by atoms with Gasteiger partial charge >= 0.3 is 5.97 Å². The molecular formula is C53H68N2O22S5. The van der Waals surface area contributed by atoms with E-state index < -0.39 is 92.7 Å². The largest absolute Gasteiger partial charge is 0.744 e. The number of carbonyl (C=O) groups is 1. The number of hydrogen-bond donors (Lipinski definition) is 5. The smallest absolute Gasteiger partial charge is 0.303 e. The minimum atomic E-state index is -5.39. The molecule has 0 fully saturated rings. The number of fused-ring (bicyclic) bond motifs is 6. The Morgan fingerprint density at radius 1 is 0.622 bits per heavy atom. The van der Waals surface area contributed by atoms with Gasteiger partial charge in [-0.25, -0.2) is 8.42 Å². The van der Waals surface area contributed by atoms with Crippen LogP contribution in [0.5, 0.6) is 0 Å². The Labute approximate surface area is 477 Å². The molecule has 0 bridgehead atoms. The molecule has 0 amide bonds. The Bertz CT molecular complexity index is 3750. The molecule has 2 heterocycles. The highest BCUT2D eigenvalue weighted by Crippen LogP contribution is 2.54. The van der Waals surface area contributed by atoms with Crippen LogP contribution < -0.4 is 4.90 Å². The zero-order chi connectivity index (χ0) is 60.5. The standard InChI is InChI=1S/C53H68N2O22S5/c1-5-54-43-18-16-39-41(33-37(79(61,62)63)35-45(39)81(67,68)69)50(43)53(3,21-23-74-26-27-76-30-31-77-29-28-75-25-24-73-4)47(54)13-8-6-9-14-48-52(2,20-12-32-78(58,59)60)51-42-34-38(80(64,65)66)36-46(82(70,71)72)40(42)17-19-44(51)55(48)22-11-7-10-15-49(56)57/h6,8-9,13-14,16-19,33-36H,5,7,10-12,15,20-32H2,1-4H3,(H5-,56,57,58,59,60,61,62,63,64,65,66,67,68,69,70,71,72). The molecular weight excluding hydrogens is 1180 g/mol. The number of rotatable bonds is 33. The zero-order valence-electron chi connectivity index (χ0n) is 45.6. The summed E-state index contributed by atoms with van der Waals surface area (Å²) >= 11 is 0. The predicted octanol–water partition coefficient (Wildman–Crippen LogP) is 6.20. The molecule has 0 spiro atoms. The summed E-state index contributed by atoms with van der Waals surface area (Å²) in [7, 11) is -23.6. The van der Waals surface area contributed by atoms with E-state index >= 15 is 0 Å². The fraction of sp³-hybridized carbons (Fsp3) is 0.472. The predicted molar refractivity (Wildman–Crippen MR) is 301 cm³/mol. The summed E-state index contributed by atoms with van der Waals surface area (Å²) in [6, 6.07) is 9.30. The van der Waals surface area contributed by atoms with E-state index in [1.54, 1.807) is 50.5 Å². The average molecular weight is 1250 g/mol. The van der Waals surface area contributed by atoms with Gasteiger partial charge in [-0.15, -0.1) is 0 Å². The molecule has 2 aliphatic heterocycles. The van der Waals surface area contributed by atoms with Crippen LogP contribution in [0.15, 0.2) is 104 Å². The highest BCUT2D eigenvalue weighted by Gasteiger charge is 2.49. The van der Waals surface area contributed by atoms with Crippen molar-refractivity contribution in [2.24, 2.45) is 0 Å². The van der Waals surface area contributed by atoms with Gasteiger partial charge in [-0.1, -0.05) is 30.7 Å². The second-order valence-electron chi connectivity index (χ2n) is 19.9. The Morgan fingerprint density at radius 2 is 1.17 bits per heavy atom. The van der Waals surface area contributed by atoms with Gasteiger partial charge in [0.2, 0.25) is 5.69 Å². The third-order valence-corrected chi connectivity index (χ3v) is 18.6. The van der Waals surface area contributed by atoms with Crippen molar-refractivity contribution in [2.75, 3.05) is 90.3 Å². The Kier molecular flexibility index (Phi) is 22.0. The van der Waals surface area contributed by atoms with E-state index in [1.807, 2.05) is 23.3 Å². The van der Waals surface area contributed by atoms with Crippen LogP contribution in [0, 0.1) is 0 Å². The molecule has 5 N–H and O–H groups in total. The molecule has 0 aliphatic carbocycles. The number of methoxy groups -OCH3 is 1. The van der Waals surface area contributed by atoms with Gasteiger partial charge < -0.3 is 38.2 Å². The van der Waals surface area contributed by atoms with Crippen molar-refractivity contribution in [3.63, 3.8) is 0 Å². The maximum absolute atomic E-state index is 12.8. The molecule has 452 valence electrons. The lowest BCUT2D eigenvalue weighted by atomic mass is 9.75. The van der Waals surface area contributed by atoms with Gasteiger partial charge in [-0.3, -0.25) is 23.0 Å².